The van der Waals surface area contributed by atoms with Crippen LogP contribution in [0.2, 0.25) is 0 Å². The Bertz CT molecular complexity index is 1270. The number of methoxy groups -OCH3 is 1. The second-order valence-corrected chi connectivity index (χ2v) is 10.6. The fraction of sp³-hybridized carbons (Fsp3) is 0.419. The highest BCUT2D eigenvalue weighted by Gasteiger charge is 2.45. The van der Waals surface area contributed by atoms with Crippen LogP contribution in [0.4, 0.5) is 0 Å². The molecule has 2 aromatic rings. The average molecular weight is 498 g/mol. The summed E-state index contributed by atoms with van der Waals surface area (Å²) in [5.41, 5.74) is 4.74. The van der Waals surface area contributed by atoms with Gasteiger partial charge in [-0.25, -0.2) is 0 Å². The number of piperidine rings is 1. The minimum absolute atomic E-state index is 0.0870. The van der Waals surface area contributed by atoms with E-state index in [2.05, 4.69) is 47.4 Å². The summed E-state index contributed by atoms with van der Waals surface area (Å²) in [5.74, 6) is 2.16. The molecule has 2 atom stereocenters. The highest BCUT2D eigenvalue weighted by atomic mass is 16.5. The molecule has 1 spiro atoms. The Hall–Kier alpha value is -3.38. The molecule has 0 aliphatic carbocycles. The van der Waals surface area contributed by atoms with Crippen LogP contribution in [0.15, 0.2) is 65.7 Å². The summed E-state index contributed by atoms with van der Waals surface area (Å²) in [7, 11) is 3.70. The van der Waals surface area contributed by atoms with Gasteiger partial charge in [-0.15, -0.1) is 0 Å². The lowest BCUT2D eigenvalue weighted by atomic mass is 9.74. The van der Waals surface area contributed by atoms with Crippen molar-refractivity contribution in [2.45, 2.75) is 37.3 Å². The first-order chi connectivity index (χ1) is 18.1. The number of likely N-dealkylation sites (tertiary alicyclic amines) is 1. The third-order valence-corrected chi connectivity index (χ3v) is 8.73. The fourth-order valence-corrected chi connectivity index (χ4v) is 6.58. The SMILES string of the molecule is COc1ccc2c(c1)/C(=C/CCN1CCC3(CC1)c1ccccc1CC(=O)N3C)C1C=CC=NC1CO2. The van der Waals surface area contributed by atoms with Gasteiger partial charge in [-0.1, -0.05) is 36.4 Å². The van der Waals surface area contributed by atoms with Crippen molar-refractivity contribution >= 4 is 17.7 Å². The monoisotopic (exact) mass is 497 g/mol. The molecule has 0 aromatic heterocycles. The number of hydrogen-bond acceptors (Lipinski definition) is 5. The number of rotatable bonds is 4. The van der Waals surface area contributed by atoms with Crippen LogP contribution in [-0.4, -0.2) is 68.4 Å². The molecule has 1 fully saturated rings. The van der Waals surface area contributed by atoms with Gasteiger partial charge in [0.2, 0.25) is 5.91 Å². The van der Waals surface area contributed by atoms with Gasteiger partial charge >= 0.3 is 0 Å². The van der Waals surface area contributed by atoms with Crippen molar-refractivity contribution in [3.05, 3.63) is 77.4 Å². The number of fused-ring (bicyclic) bond motifs is 4. The molecule has 0 radical (unpaired) electrons. The molecule has 1 saturated heterocycles. The quantitative estimate of drug-likeness (QED) is 0.625. The largest absolute Gasteiger partial charge is 0.497 e. The number of benzene rings is 2. The lowest BCUT2D eigenvalue weighted by Crippen LogP contribution is -2.56. The van der Waals surface area contributed by atoms with Gasteiger partial charge in [0, 0.05) is 44.4 Å². The molecule has 192 valence electrons. The summed E-state index contributed by atoms with van der Waals surface area (Å²) in [5, 5.41) is 0. The maximum atomic E-state index is 12.8. The standard InChI is InChI=1S/C31H35N3O3/c1-33-30(35)19-22-7-3-4-10-27(22)31(33)13-17-34(18-14-31)16-6-9-24-25-8-5-15-32-28(25)21-37-29-12-11-23(36-2)20-26(24)29/h3-5,7-12,15,20,25,28H,6,13-14,16-19,21H2,1-2H3/b24-9+. The van der Waals surface area contributed by atoms with Crippen LogP contribution in [0.25, 0.3) is 5.57 Å². The van der Waals surface area contributed by atoms with E-state index in [1.807, 2.05) is 36.4 Å². The van der Waals surface area contributed by atoms with E-state index < -0.39 is 0 Å². The van der Waals surface area contributed by atoms with Gasteiger partial charge in [-0.3, -0.25) is 9.79 Å². The number of hydrogen-bond donors (Lipinski definition) is 0. The summed E-state index contributed by atoms with van der Waals surface area (Å²) in [6.45, 7) is 3.53. The molecule has 2 unspecified atom stereocenters. The van der Waals surface area contributed by atoms with Gasteiger partial charge in [0.05, 0.1) is 25.1 Å². The Balaban J connectivity index is 1.19. The van der Waals surface area contributed by atoms with E-state index in [0.29, 0.717) is 13.0 Å². The van der Waals surface area contributed by atoms with Crippen molar-refractivity contribution in [2.24, 2.45) is 10.9 Å². The van der Waals surface area contributed by atoms with E-state index in [9.17, 15) is 4.79 Å². The summed E-state index contributed by atoms with van der Waals surface area (Å²) < 4.78 is 11.7. The second kappa shape index (κ2) is 9.82. The summed E-state index contributed by atoms with van der Waals surface area (Å²) in [6.07, 6.45) is 12.0. The molecule has 0 N–H and O–H groups in total. The van der Waals surface area contributed by atoms with Gasteiger partial charge in [-0.2, -0.15) is 0 Å². The van der Waals surface area contributed by atoms with Crippen LogP contribution in [0, 0.1) is 5.92 Å². The lowest BCUT2D eigenvalue weighted by Gasteiger charge is -2.50. The molecule has 2 aromatic carbocycles. The number of carbonyl (C=O) groups is 1. The minimum atomic E-state index is -0.173. The number of likely N-dealkylation sites (N-methyl/N-ethyl adjacent to an activating group) is 1. The number of nitrogens with zero attached hydrogens (tertiary/aromatic N) is 3. The number of dihydropyridines is 1. The maximum absolute atomic E-state index is 12.8. The Kier molecular flexibility index (Phi) is 6.37. The average Bonchev–Trinajstić information content (AvgIpc) is 3.09. The van der Waals surface area contributed by atoms with Crippen LogP contribution >= 0.6 is 0 Å². The minimum Gasteiger partial charge on any atom is -0.497 e. The fourth-order valence-electron chi connectivity index (χ4n) is 6.58. The first-order valence-electron chi connectivity index (χ1n) is 13.4. The highest BCUT2D eigenvalue weighted by Crippen LogP contribution is 2.44. The molecular formula is C31H35N3O3. The molecule has 0 bridgehead atoms. The number of amides is 1. The molecule has 1 amide bonds. The van der Waals surface area contributed by atoms with Crippen molar-refractivity contribution in [2.75, 3.05) is 40.4 Å². The van der Waals surface area contributed by atoms with E-state index in [-0.39, 0.29) is 23.4 Å². The first-order valence-corrected chi connectivity index (χ1v) is 13.4. The molecular weight excluding hydrogens is 462 g/mol. The Morgan fingerprint density at radius 2 is 2.03 bits per heavy atom. The van der Waals surface area contributed by atoms with E-state index >= 15 is 0 Å². The van der Waals surface area contributed by atoms with E-state index in [1.54, 1.807) is 7.11 Å². The second-order valence-electron chi connectivity index (χ2n) is 10.6. The van der Waals surface area contributed by atoms with E-state index in [4.69, 9.17) is 14.5 Å². The van der Waals surface area contributed by atoms with Crippen molar-refractivity contribution in [1.82, 2.24) is 9.80 Å². The summed E-state index contributed by atoms with van der Waals surface area (Å²) in [6, 6.07) is 14.7. The van der Waals surface area contributed by atoms with Gasteiger partial charge in [0.25, 0.3) is 0 Å². The normalized spacial score (nSPS) is 25.3. The Morgan fingerprint density at radius 3 is 2.86 bits per heavy atom. The topological polar surface area (TPSA) is 54.4 Å². The first kappa shape index (κ1) is 24.0. The van der Waals surface area contributed by atoms with E-state index in [1.165, 1.54) is 16.7 Å². The third kappa shape index (κ3) is 4.27. The zero-order chi connectivity index (χ0) is 25.4. The lowest BCUT2D eigenvalue weighted by molar-refractivity contribution is -0.139. The van der Waals surface area contributed by atoms with Crippen molar-refractivity contribution < 1.29 is 14.3 Å². The Labute approximate surface area is 219 Å². The van der Waals surface area contributed by atoms with Crippen LogP contribution in [0.5, 0.6) is 11.5 Å². The van der Waals surface area contributed by atoms with Crippen molar-refractivity contribution in [1.29, 1.82) is 0 Å². The zero-order valence-corrected chi connectivity index (χ0v) is 21.7. The van der Waals surface area contributed by atoms with Crippen LogP contribution in [-0.2, 0) is 16.8 Å². The van der Waals surface area contributed by atoms with Crippen LogP contribution in [0.3, 0.4) is 0 Å². The molecule has 4 aliphatic heterocycles. The summed E-state index contributed by atoms with van der Waals surface area (Å²) in [4.78, 5) is 22.1. The molecule has 37 heavy (non-hydrogen) atoms. The molecule has 6 nitrogen and oxygen atoms in total. The molecule has 4 aliphatic rings. The number of aliphatic imine (C=N–C) groups is 1. The maximum Gasteiger partial charge on any atom is 0.227 e. The van der Waals surface area contributed by atoms with E-state index in [0.717, 1.165) is 56.0 Å². The van der Waals surface area contributed by atoms with Gasteiger partial charge in [0.15, 0.2) is 0 Å². The number of ether oxygens (including phenoxy) is 2. The smallest absolute Gasteiger partial charge is 0.227 e. The summed E-state index contributed by atoms with van der Waals surface area (Å²) >= 11 is 0. The van der Waals surface area contributed by atoms with Gasteiger partial charge in [-0.05, 0) is 60.2 Å². The third-order valence-electron chi connectivity index (χ3n) is 8.73. The predicted molar refractivity (Wildman–Crippen MR) is 146 cm³/mol. The Morgan fingerprint density at radius 1 is 1.19 bits per heavy atom. The predicted octanol–water partition coefficient (Wildman–Crippen LogP) is 4.49. The molecule has 6 heteroatoms. The number of allylic oxidation sites excluding steroid dienone is 1. The highest BCUT2D eigenvalue weighted by molar-refractivity contribution is 5.82. The van der Waals surface area contributed by atoms with Crippen LogP contribution < -0.4 is 9.47 Å². The molecule has 6 rings (SSSR count). The molecule has 0 saturated carbocycles. The van der Waals surface area contributed by atoms with Crippen LogP contribution in [0.1, 0.15) is 36.0 Å². The van der Waals surface area contributed by atoms with Crippen molar-refractivity contribution in [3.63, 3.8) is 0 Å². The number of carbonyl (C=O) groups excluding carboxylic acids is 1. The molecule has 4 heterocycles. The van der Waals surface area contributed by atoms with Crippen molar-refractivity contribution in [3.8, 4) is 11.5 Å². The zero-order valence-electron chi connectivity index (χ0n) is 21.7. The van der Waals surface area contributed by atoms with Gasteiger partial charge < -0.3 is 19.3 Å². The van der Waals surface area contributed by atoms with Gasteiger partial charge in [0.1, 0.15) is 18.1 Å².